The minimum atomic E-state index is 0.00764. The number of amides is 1. The highest BCUT2D eigenvalue weighted by Gasteiger charge is 2.39. The molecular formula is C9H11N5O. The van der Waals surface area contributed by atoms with Gasteiger partial charge in [-0.15, -0.1) is 5.10 Å². The van der Waals surface area contributed by atoms with Crippen LogP contribution in [0.4, 0.5) is 5.95 Å². The number of fused-ring (bicyclic) bond motifs is 2. The SMILES string of the molecule is O=C(Nc1nn[nH]n1)C1CC2C=CC1C2. The molecule has 2 bridgehead atoms. The summed E-state index contributed by atoms with van der Waals surface area (Å²) < 4.78 is 0. The van der Waals surface area contributed by atoms with E-state index in [9.17, 15) is 4.79 Å². The average molecular weight is 205 g/mol. The summed E-state index contributed by atoms with van der Waals surface area (Å²) in [5.74, 6) is 1.34. The molecule has 3 unspecified atom stereocenters. The third-order valence-electron chi connectivity index (χ3n) is 3.20. The van der Waals surface area contributed by atoms with E-state index >= 15 is 0 Å². The van der Waals surface area contributed by atoms with Gasteiger partial charge in [0, 0.05) is 5.92 Å². The summed E-state index contributed by atoms with van der Waals surface area (Å²) in [6, 6.07) is 0. The summed E-state index contributed by atoms with van der Waals surface area (Å²) in [5, 5.41) is 15.7. The second-order valence-corrected chi connectivity index (χ2v) is 4.11. The Morgan fingerprint density at radius 1 is 1.47 bits per heavy atom. The predicted octanol–water partition coefficient (Wildman–Crippen LogP) is 0.350. The number of allylic oxidation sites excluding steroid dienone is 2. The van der Waals surface area contributed by atoms with Gasteiger partial charge in [-0.25, -0.2) is 0 Å². The van der Waals surface area contributed by atoms with Crippen molar-refractivity contribution in [1.29, 1.82) is 0 Å². The predicted molar refractivity (Wildman–Crippen MR) is 51.7 cm³/mol. The van der Waals surface area contributed by atoms with Crippen molar-refractivity contribution in [3.8, 4) is 0 Å². The van der Waals surface area contributed by atoms with Gasteiger partial charge in [-0.2, -0.15) is 5.21 Å². The molecule has 0 spiro atoms. The van der Waals surface area contributed by atoms with Crippen molar-refractivity contribution in [2.24, 2.45) is 17.8 Å². The Kier molecular flexibility index (Phi) is 1.80. The quantitative estimate of drug-likeness (QED) is 0.682. The van der Waals surface area contributed by atoms with E-state index in [-0.39, 0.29) is 17.8 Å². The molecule has 1 aromatic heterocycles. The number of aromatic nitrogens is 4. The van der Waals surface area contributed by atoms with Gasteiger partial charge in [-0.1, -0.05) is 17.3 Å². The molecule has 0 saturated heterocycles. The van der Waals surface area contributed by atoms with E-state index in [4.69, 9.17) is 0 Å². The second kappa shape index (κ2) is 3.15. The molecule has 2 aliphatic carbocycles. The molecule has 1 amide bonds. The van der Waals surface area contributed by atoms with E-state index in [0.717, 1.165) is 12.8 Å². The zero-order valence-corrected chi connectivity index (χ0v) is 8.05. The summed E-state index contributed by atoms with van der Waals surface area (Å²) in [5.41, 5.74) is 0. The van der Waals surface area contributed by atoms with Gasteiger partial charge in [0.25, 0.3) is 5.95 Å². The van der Waals surface area contributed by atoms with Crippen molar-refractivity contribution in [2.75, 3.05) is 5.32 Å². The summed E-state index contributed by atoms with van der Waals surface area (Å²) in [6.45, 7) is 0. The van der Waals surface area contributed by atoms with Gasteiger partial charge < -0.3 is 0 Å². The first kappa shape index (κ1) is 8.58. The molecule has 0 radical (unpaired) electrons. The molecule has 1 saturated carbocycles. The zero-order chi connectivity index (χ0) is 10.3. The molecule has 0 aromatic carbocycles. The molecule has 2 N–H and O–H groups in total. The maximum atomic E-state index is 11.8. The van der Waals surface area contributed by atoms with Crippen LogP contribution in [0.1, 0.15) is 12.8 Å². The minimum absolute atomic E-state index is 0.00764. The van der Waals surface area contributed by atoms with Crippen LogP contribution >= 0.6 is 0 Å². The Morgan fingerprint density at radius 3 is 3.00 bits per heavy atom. The monoisotopic (exact) mass is 205 g/mol. The number of nitrogens with zero attached hydrogens (tertiary/aromatic N) is 3. The Balaban J connectivity index is 1.68. The van der Waals surface area contributed by atoms with Gasteiger partial charge in [0.15, 0.2) is 0 Å². The number of nitrogens with one attached hydrogen (secondary N) is 2. The smallest absolute Gasteiger partial charge is 0.269 e. The van der Waals surface area contributed by atoms with E-state index in [0.29, 0.717) is 11.8 Å². The fourth-order valence-corrected chi connectivity index (χ4v) is 2.50. The average Bonchev–Trinajstić information content (AvgIpc) is 2.93. The lowest BCUT2D eigenvalue weighted by Crippen LogP contribution is -2.26. The van der Waals surface area contributed by atoms with Crippen LogP contribution in [0, 0.1) is 17.8 Å². The topological polar surface area (TPSA) is 83.6 Å². The highest BCUT2D eigenvalue weighted by Crippen LogP contribution is 2.43. The van der Waals surface area contributed by atoms with E-state index in [1.807, 2.05) is 0 Å². The number of anilines is 1. The summed E-state index contributed by atoms with van der Waals surface area (Å²) >= 11 is 0. The number of tetrazole rings is 1. The van der Waals surface area contributed by atoms with Crippen molar-refractivity contribution in [1.82, 2.24) is 20.6 Å². The van der Waals surface area contributed by atoms with Crippen LogP contribution in [-0.2, 0) is 4.79 Å². The zero-order valence-electron chi connectivity index (χ0n) is 8.05. The standard InChI is InChI=1S/C9H11N5O/c15-8(10-9-11-13-14-12-9)7-4-5-1-2-6(7)3-5/h1-2,5-7H,3-4H2,(H2,10,11,12,13,14,15). The molecule has 2 aliphatic rings. The molecular weight excluding hydrogens is 194 g/mol. The van der Waals surface area contributed by atoms with Crippen LogP contribution < -0.4 is 5.32 Å². The van der Waals surface area contributed by atoms with Crippen molar-refractivity contribution in [3.63, 3.8) is 0 Å². The molecule has 15 heavy (non-hydrogen) atoms. The number of H-pyrrole nitrogens is 1. The Labute approximate surface area is 86.1 Å². The highest BCUT2D eigenvalue weighted by atomic mass is 16.2. The van der Waals surface area contributed by atoms with Crippen LogP contribution in [0.3, 0.4) is 0 Å². The van der Waals surface area contributed by atoms with Gasteiger partial charge in [-0.05, 0) is 29.9 Å². The van der Waals surface area contributed by atoms with E-state index in [1.54, 1.807) is 0 Å². The van der Waals surface area contributed by atoms with E-state index < -0.39 is 0 Å². The third kappa shape index (κ3) is 1.42. The Bertz CT molecular complexity index is 399. The van der Waals surface area contributed by atoms with Crippen LogP contribution in [0.15, 0.2) is 12.2 Å². The molecule has 1 fully saturated rings. The second-order valence-electron chi connectivity index (χ2n) is 4.11. The van der Waals surface area contributed by atoms with E-state index in [1.165, 1.54) is 0 Å². The van der Waals surface area contributed by atoms with Crippen molar-refractivity contribution >= 4 is 11.9 Å². The van der Waals surface area contributed by atoms with Gasteiger partial charge in [0.05, 0.1) is 0 Å². The number of carbonyl (C=O) groups is 1. The fourth-order valence-electron chi connectivity index (χ4n) is 2.50. The molecule has 3 rings (SSSR count). The first-order chi connectivity index (χ1) is 7.33. The largest absolute Gasteiger partial charge is 0.292 e. The maximum Gasteiger partial charge on any atom is 0.269 e. The lowest BCUT2D eigenvalue weighted by atomic mass is 9.93. The lowest BCUT2D eigenvalue weighted by Gasteiger charge is -2.15. The molecule has 6 heteroatoms. The van der Waals surface area contributed by atoms with Crippen LogP contribution in [-0.4, -0.2) is 26.5 Å². The van der Waals surface area contributed by atoms with Gasteiger partial charge in [-0.3, -0.25) is 10.1 Å². The number of hydrogen-bond donors (Lipinski definition) is 2. The first-order valence-electron chi connectivity index (χ1n) is 5.05. The number of carbonyl (C=O) groups excluding carboxylic acids is 1. The van der Waals surface area contributed by atoms with Crippen molar-refractivity contribution in [2.45, 2.75) is 12.8 Å². The van der Waals surface area contributed by atoms with Crippen LogP contribution in [0.5, 0.6) is 0 Å². The van der Waals surface area contributed by atoms with Gasteiger partial charge in [0.2, 0.25) is 5.91 Å². The number of hydrogen-bond acceptors (Lipinski definition) is 4. The van der Waals surface area contributed by atoms with E-state index in [2.05, 4.69) is 38.1 Å². The Hall–Kier alpha value is -1.72. The maximum absolute atomic E-state index is 11.8. The molecule has 6 nitrogen and oxygen atoms in total. The highest BCUT2D eigenvalue weighted by molar-refractivity contribution is 5.91. The third-order valence-corrected chi connectivity index (χ3v) is 3.20. The Morgan fingerprint density at radius 2 is 2.40 bits per heavy atom. The first-order valence-corrected chi connectivity index (χ1v) is 5.05. The molecule has 1 heterocycles. The molecule has 1 aromatic rings. The summed E-state index contributed by atoms with van der Waals surface area (Å²) in [4.78, 5) is 11.8. The number of aromatic amines is 1. The van der Waals surface area contributed by atoms with Gasteiger partial charge >= 0.3 is 0 Å². The summed E-state index contributed by atoms with van der Waals surface area (Å²) in [6.07, 6.45) is 6.42. The molecule has 3 atom stereocenters. The molecule has 0 aliphatic heterocycles. The normalized spacial score (nSPS) is 32.1. The fraction of sp³-hybridized carbons (Fsp3) is 0.556. The van der Waals surface area contributed by atoms with Gasteiger partial charge in [0.1, 0.15) is 0 Å². The van der Waals surface area contributed by atoms with Crippen molar-refractivity contribution < 1.29 is 4.79 Å². The molecule has 78 valence electrons. The van der Waals surface area contributed by atoms with Crippen LogP contribution in [0.2, 0.25) is 0 Å². The van der Waals surface area contributed by atoms with Crippen LogP contribution in [0.25, 0.3) is 0 Å². The lowest BCUT2D eigenvalue weighted by molar-refractivity contribution is -0.120. The minimum Gasteiger partial charge on any atom is -0.292 e. The number of rotatable bonds is 2. The summed E-state index contributed by atoms with van der Waals surface area (Å²) in [7, 11) is 0. The van der Waals surface area contributed by atoms with Crippen molar-refractivity contribution in [3.05, 3.63) is 12.2 Å².